The van der Waals surface area contributed by atoms with Gasteiger partial charge in [-0.25, -0.2) is 0 Å². The van der Waals surface area contributed by atoms with Gasteiger partial charge in [0.25, 0.3) is 5.91 Å². The third kappa shape index (κ3) is 4.31. The van der Waals surface area contributed by atoms with E-state index in [1.807, 2.05) is 12.1 Å². The zero-order chi connectivity index (χ0) is 16.1. The van der Waals surface area contributed by atoms with Crippen LogP contribution in [0.4, 0.5) is 0 Å². The number of carbonyl (C=O) groups excluding carboxylic acids is 1. The fraction of sp³-hybridized carbons (Fsp3) is 0.529. The van der Waals surface area contributed by atoms with Crippen molar-refractivity contribution >= 4 is 11.9 Å². The van der Waals surface area contributed by atoms with Gasteiger partial charge in [-0.05, 0) is 50.9 Å². The lowest BCUT2D eigenvalue weighted by molar-refractivity contribution is -0.138. The quantitative estimate of drug-likeness (QED) is 0.875. The van der Waals surface area contributed by atoms with Crippen molar-refractivity contribution in [1.29, 1.82) is 0 Å². The highest BCUT2D eigenvalue weighted by molar-refractivity contribution is 5.96. The van der Waals surface area contributed by atoms with Crippen LogP contribution in [0.3, 0.4) is 0 Å². The minimum atomic E-state index is -1.04. The first-order chi connectivity index (χ1) is 10.5. The van der Waals surface area contributed by atoms with Gasteiger partial charge in [-0.2, -0.15) is 0 Å². The highest BCUT2D eigenvalue weighted by Gasteiger charge is 2.18. The van der Waals surface area contributed by atoms with Gasteiger partial charge in [0.05, 0.1) is 0 Å². The van der Waals surface area contributed by atoms with E-state index in [4.69, 9.17) is 5.11 Å². The van der Waals surface area contributed by atoms with E-state index < -0.39 is 12.0 Å². The summed E-state index contributed by atoms with van der Waals surface area (Å²) in [5.74, 6) is -1.39. The van der Waals surface area contributed by atoms with Crippen LogP contribution < -0.4 is 5.32 Å². The van der Waals surface area contributed by atoms with E-state index in [-0.39, 0.29) is 5.91 Å². The summed E-state index contributed by atoms with van der Waals surface area (Å²) in [4.78, 5) is 25.1. The van der Waals surface area contributed by atoms with Crippen LogP contribution >= 0.6 is 0 Å². The molecule has 1 aliphatic rings. The molecule has 5 heteroatoms. The van der Waals surface area contributed by atoms with E-state index in [2.05, 4.69) is 17.1 Å². The summed E-state index contributed by atoms with van der Waals surface area (Å²) in [5, 5.41) is 11.3. The van der Waals surface area contributed by atoms with Gasteiger partial charge in [0, 0.05) is 18.2 Å². The van der Waals surface area contributed by atoms with Crippen molar-refractivity contribution in [3.05, 3.63) is 35.4 Å². The van der Waals surface area contributed by atoms with Gasteiger partial charge in [-0.15, -0.1) is 0 Å². The Bertz CT molecular complexity index is 527. The number of nitrogens with one attached hydrogen (secondary N) is 1. The molecule has 1 aromatic carbocycles. The van der Waals surface area contributed by atoms with Crippen LogP contribution in [0.15, 0.2) is 24.3 Å². The van der Waals surface area contributed by atoms with Gasteiger partial charge in [-0.3, -0.25) is 14.5 Å². The molecule has 0 aliphatic carbocycles. The summed E-state index contributed by atoms with van der Waals surface area (Å²) < 4.78 is 0. The second-order valence-electron chi connectivity index (χ2n) is 6.05. The molecule has 120 valence electrons. The number of hydrogen-bond donors (Lipinski definition) is 2. The molecule has 1 aromatic rings. The van der Waals surface area contributed by atoms with Crippen LogP contribution in [-0.4, -0.2) is 40.5 Å². The number of carbonyl (C=O) groups is 2. The normalized spacial score (nSPS) is 20.4. The van der Waals surface area contributed by atoms with Gasteiger partial charge < -0.3 is 10.4 Å². The molecule has 2 N–H and O–H groups in total. The topological polar surface area (TPSA) is 69.6 Å². The van der Waals surface area contributed by atoms with Crippen molar-refractivity contribution in [1.82, 2.24) is 10.2 Å². The summed E-state index contributed by atoms with van der Waals surface area (Å²) in [5.41, 5.74) is 1.67. The predicted molar refractivity (Wildman–Crippen MR) is 84.7 cm³/mol. The molecule has 22 heavy (non-hydrogen) atoms. The molecule has 0 aromatic heterocycles. The van der Waals surface area contributed by atoms with Gasteiger partial charge >= 0.3 is 5.97 Å². The van der Waals surface area contributed by atoms with Gasteiger partial charge in [0.2, 0.25) is 0 Å². The molecule has 5 nitrogen and oxygen atoms in total. The Kier molecular flexibility index (Phi) is 5.55. The molecule has 0 radical (unpaired) electrons. The van der Waals surface area contributed by atoms with Crippen molar-refractivity contribution in [2.75, 3.05) is 6.54 Å². The molecule has 1 heterocycles. The van der Waals surface area contributed by atoms with Crippen LogP contribution in [0.5, 0.6) is 0 Å². The van der Waals surface area contributed by atoms with Gasteiger partial charge in [-0.1, -0.05) is 18.6 Å². The Labute approximate surface area is 131 Å². The smallest absolute Gasteiger partial charge is 0.325 e. The zero-order valence-electron chi connectivity index (χ0n) is 13.2. The average molecular weight is 304 g/mol. The summed E-state index contributed by atoms with van der Waals surface area (Å²) >= 11 is 0. The number of hydrogen-bond acceptors (Lipinski definition) is 3. The van der Waals surface area contributed by atoms with E-state index >= 15 is 0 Å². The van der Waals surface area contributed by atoms with E-state index in [1.165, 1.54) is 31.7 Å². The summed E-state index contributed by atoms with van der Waals surface area (Å²) in [6, 6.07) is 7.12. The Morgan fingerprint density at radius 2 is 2.00 bits per heavy atom. The molecule has 0 saturated carbocycles. The van der Waals surface area contributed by atoms with Crippen molar-refractivity contribution in [3.63, 3.8) is 0 Å². The van der Waals surface area contributed by atoms with Crippen molar-refractivity contribution in [2.45, 2.75) is 51.7 Å². The molecule has 1 aliphatic heterocycles. The number of likely N-dealkylation sites (tertiary alicyclic amines) is 1. The van der Waals surface area contributed by atoms with Crippen molar-refractivity contribution in [3.8, 4) is 0 Å². The maximum absolute atomic E-state index is 11.9. The number of carboxylic acid groups (broad SMARTS) is 1. The van der Waals surface area contributed by atoms with Crippen LogP contribution in [0.25, 0.3) is 0 Å². The van der Waals surface area contributed by atoms with Crippen LogP contribution in [0, 0.1) is 0 Å². The number of aliphatic carboxylic acids is 1. The molecule has 2 atom stereocenters. The SMILES string of the molecule is CC(NC(=O)c1ccc(CN2CCCCC2C)cc1)C(=O)O. The van der Waals surface area contributed by atoms with Crippen molar-refractivity contribution < 1.29 is 14.7 Å². The highest BCUT2D eigenvalue weighted by Crippen LogP contribution is 2.19. The Morgan fingerprint density at radius 1 is 1.32 bits per heavy atom. The fourth-order valence-corrected chi connectivity index (χ4v) is 2.73. The Hall–Kier alpha value is -1.88. The maximum Gasteiger partial charge on any atom is 0.325 e. The number of amides is 1. The lowest BCUT2D eigenvalue weighted by Crippen LogP contribution is -2.38. The molecule has 0 bridgehead atoms. The Morgan fingerprint density at radius 3 is 2.59 bits per heavy atom. The predicted octanol–water partition coefficient (Wildman–Crippen LogP) is 2.26. The number of benzene rings is 1. The summed E-state index contributed by atoms with van der Waals surface area (Å²) in [6.07, 6.45) is 3.80. The molecule has 2 unspecified atom stereocenters. The van der Waals surface area contributed by atoms with E-state index in [0.29, 0.717) is 11.6 Å². The molecule has 0 spiro atoms. The lowest BCUT2D eigenvalue weighted by Gasteiger charge is -2.33. The molecule has 1 fully saturated rings. The minimum absolute atomic E-state index is 0.354. The first-order valence-corrected chi connectivity index (χ1v) is 7.84. The van der Waals surface area contributed by atoms with E-state index in [9.17, 15) is 9.59 Å². The molecule has 1 saturated heterocycles. The number of nitrogens with zero attached hydrogens (tertiary/aromatic N) is 1. The second-order valence-corrected chi connectivity index (χ2v) is 6.05. The fourth-order valence-electron chi connectivity index (χ4n) is 2.73. The summed E-state index contributed by atoms with van der Waals surface area (Å²) in [7, 11) is 0. The van der Waals surface area contributed by atoms with E-state index in [0.717, 1.165) is 13.1 Å². The van der Waals surface area contributed by atoms with Gasteiger partial charge in [0.15, 0.2) is 0 Å². The third-order valence-electron chi connectivity index (χ3n) is 4.26. The first kappa shape index (κ1) is 16.5. The number of piperidine rings is 1. The minimum Gasteiger partial charge on any atom is -0.480 e. The molecule has 2 rings (SSSR count). The highest BCUT2D eigenvalue weighted by atomic mass is 16.4. The Balaban J connectivity index is 1.95. The molecular formula is C17H24N2O3. The van der Waals surface area contributed by atoms with Crippen LogP contribution in [0.2, 0.25) is 0 Å². The monoisotopic (exact) mass is 304 g/mol. The molecule has 1 amide bonds. The lowest BCUT2D eigenvalue weighted by atomic mass is 10.0. The largest absolute Gasteiger partial charge is 0.480 e. The zero-order valence-corrected chi connectivity index (χ0v) is 13.2. The first-order valence-electron chi connectivity index (χ1n) is 7.84. The number of carboxylic acids is 1. The molecular weight excluding hydrogens is 280 g/mol. The maximum atomic E-state index is 11.9. The third-order valence-corrected chi connectivity index (χ3v) is 4.26. The van der Waals surface area contributed by atoms with Crippen LogP contribution in [0.1, 0.15) is 49.0 Å². The van der Waals surface area contributed by atoms with Gasteiger partial charge in [0.1, 0.15) is 6.04 Å². The summed E-state index contributed by atoms with van der Waals surface area (Å²) in [6.45, 7) is 5.73. The van der Waals surface area contributed by atoms with Crippen molar-refractivity contribution in [2.24, 2.45) is 0 Å². The number of rotatable bonds is 5. The van der Waals surface area contributed by atoms with E-state index in [1.54, 1.807) is 12.1 Å². The second kappa shape index (κ2) is 7.40. The average Bonchev–Trinajstić information content (AvgIpc) is 2.50. The van der Waals surface area contributed by atoms with Crippen LogP contribution in [-0.2, 0) is 11.3 Å². The standard InChI is InChI=1S/C17H24N2O3/c1-12-5-3-4-10-19(12)11-14-6-8-15(9-7-14)16(20)18-13(2)17(21)22/h6-9,12-13H,3-5,10-11H2,1-2H3,(H,18,20)(H,21,22).